The first-order chi connectivity index (χ1) is 5.79. The second kappa shape index (κ2) is 2.69. The van der Waals surface area contributed by atoms with Gasteiger partial charge in [-0.05, 0) is 5.56 Å². The summed E-state index contributed by atoms with van der Waals surface area (Å²) in [5, 5.41) is 17.9. The van der Waals surface area contributed by atoms with Crippen LogP contribution in [0.1, 0.15) is 5.56 Å². The first kappa shape index (κ1) is 7.45. The van der Waals surface area contributed by atoms with Crippen molar-refractivity contribution < 1.29 is 10.0 Å². The number of fused-ring (bicyclic) bond motifs is 1. The third-order valence-electron chi connectivity index (χ3n) is 1.87. The van der Waals surface area contributed by atoms with E-state index in [1.165, 1.54) is 6.20 Å². The average Bonchev–Trinajstić information content (AvgIpc) is 2.49. The Hall–Kier alpha value is -1.20. The van der Waals surface area contributed by atoms with Crippen LogP contribution in [0.2, 0.25) is 0 Å². The third kappa shape index (κ3) is 1.03. The SMILES string of the molecule is OB(O)c1cncc2c1CC=N2. The van der Waals surface area contributed by atoms with Gasteiger partial charge in [0.25, 0.3) is 0 Å². The van der Waals surface area contributed by atoms with Gasteiger partial charge in [-0.3, -0.25) is 9.98 Å². The maximum atomic E-state index is 8.95. The van der Waals surface area contributed by atoms with E-state index in [2.05, 4.69) is 9.98 Å². The lowest BCUT2D eigenvalue weighted by Crippen LogP contribution is -2.33. The van der Waals surface area contributed by atoms with E-state index in [4.69, 9.17) is 10.0 Å². The molecule has 0 aromatic carbocycles. The molecule has 0 spiro atoms. The number of hydrogen-bond acceptors (Lipinski definition) is 4. The molecular formula is C7H7BN2O2. The van der Waals surface area contributed by atoms with Gasteiger partial charge in [0.05, 0.1) is 11.9 Å². The number of hydrogen-bond donors (Lipinski definition) is 2. The van der Waals surface area contributed by atoms with Gasteiger partial charge in [0, 0.05) is 24.3 Å². The van der Waals surface area contributed by atoms with Crippen LogP contribution in [0.25, 0.3) is 0 Å². The van der Waals surface area contributed by atoms with Crippen molar-refractivity contribution in [2.24, 2.45) is 4.99 Å². The largest absolute Gasteiger partial charge is 0.490 e. The van der Waals surface area contributed by atoms with Crippen LogP contribution in [-0.2, 0) is 6.42 Å². The molecule has 0 aliphatic carbocycles. The molecule has 0 saturated heterocycles. The van der Waals surface area contributed by atoms with Gasteiger partial charge in [-0.2, -0.15) is 0 Å². The van der Waals surface area contributed by atoms with E-state index >= 15 is 0 Å². The van der Waals surface area contributed by atoms with Crippen LogP contribution in [0.15, 0.2) is 17.4 Å². The van der Waals surface area contributed by atoms with Crippen molar-refractivity contribution in [1.82, 2.24) is 4.98 Å². The smallest absolute Gasteiger partial charge is 0.423 e. The Balaban J connectivity index is 2.53. The van der Waals surface area contributed by atoms with Crippen LogP contribution in [0.5, 0.6) is 0 Å². The fourth-order valence-corrected chi connectivity index (χ4v) is 1.28. The molecule has 2 rings (SSSR count). The molecule has 0 fully saturated rings. The minimum absolute atomic E-state index is 0.449. The summed E-state index contributed by atoms with van der Waals surface area (Å²) in [6.45, 7) is 0. The molecule has 0 saturated carbocycles. The van der Waals surface area contributed by atoms with Gasteiger partial charge in [0.2, 0.25) is 0 Å². The maximum Gasteiger partial charge on any atom is 0.490 e. The number of pyridine rings is 1. The summed E-state index contributed by atoms with van der Waals surface area (Å²) >= 11 is 0. The van der Waals surface area contributed by atoms with Crippen LogP contribution < -0.4 is 5.46 Å². The fraction of sp³-hybridized carbons (Fsp3) is 0.143. The Bertz CT molecular complexity index is 338. The molecule has 0 bridgehead atoms. The van der Waals surface area contributed by atoms with Crippen molar-refractivity contribution in [2.75, 3.05) is 0 Å². The van der Waals surface area contributed by atoms with Crippen LogP contribution >= 0.6 is 0 Å². The van der Waals surface area contributed by atoms with Gasteiger partial charge in [0.1, 0.15) is 0 Å². The zero-order valence-corrected chi connectivity index (χ0v) is 6.31. The number of aromatic nitrogens is 1. The minimum atomic E-state index is -1.45. The Morgan fingerprint density at radius 3 is 2.92 bits per heavy atom. The van der Waals surface area contributed by atoms with Crippen LogP contribution in [0, 0.1) is 0 Å². The molecule has 0 radical (unpaired) electrons. The summed E-state index contributed by atoms with van der Waals surface area (Å²) in [6.07, 6.45) is 5.46. The first-order valence-electron chi connectivity index (χ1n) is 3.64. The quantitative estimate of drug-likeness (QED) is 0.521. The van der Waals surface area contributed by atoms with Gasteiger partial charge in [-0.1, -0.05) is 0 Å². The predicted octanol–water partition coefficient (Wildman–Crippen LogP) is -0.980. The molecule has 5 heteroatoms. The Kier molecular flexibility index (Phi) is 1.67. The molecule has 12 heavy (non-hydrogen) atoms. The summed E-state index contributed by atoms with van der Waals surface area (Å²) in [6, 6.07) is 0. The molecule has 1 aromatic heterocycles. The third-order valence-corrected chi connectivity index (χ3v) is 1.87. The van der Waals surface area contributed by atoms with Crippen molar-refractivity contribution in [2.45, 2.75) is 6.42 Å². The summed E-state index contributed by atoms with van der Waals surface area (Å²) in [7, 11) is -1.45. The summed E-state index contributed by atoms with van der Waals surface area (Å²) < 4.78 is 0. The molecular weight excluding hydrogens is 155 g/mol. The lowest BCUT2D eigenvalue weighted by molar-refractivity contribution is 0.425. The molecule has 1 aliphatic heterocycles. The van der Waals surface area contributed by atoms with Gasteiger partial charge in [-0.15, -0.1) is 0 Å². The van der Waals surface area contributed by atoms with Crippen molar-refractivity contribution in [1.29, 1.82) is 0 Å². The van der Waals surface area contributed by atoms with Gasteiger partial charge >= 0.3 is 7.12 Å². The second-order valence-electron chi connectivity index (χ2n) is 2.62. The van der Waals surface area contributed by atoms with Crippen LogP contribution in [-0.4, -0.2) is 28.4 Å². The van der Waals surface area contributed by atoms with E-state index in [1.54, 1.807) is 12.4 Å². The highest BCUT2D eigenvalue weighted by atomic mass is 16.4. The van der Waals surface area contributed by atoms with E-state index < -0.39 is 7.12 Å². The highest BCUT2D eigenvalue weighted by Gasteiger charge is 2.20. The molecule has 0 amide bonds. The highest BCUT2D eigenvalue weighted by Crippen LogP contribution is 2.20. The summed E-state index contributed by atoms with van der Waals surface area (Å²) in [5.41, 5.74) is 2.05. The van der Waals surface area contributed by atoms with Crippen molar-refractivity contribution in [3.63, 3.8) is 0 Å². The molecule has 2 N–H and O–H groups in total. The molecule has 1 aliphatic rings. The van der Waals surface area contributed by atoms with Gasteiger partial charge in [0.15, 0.2) is 0 Å². The summed E-state index contributed by atoms with van der Waals surface area (Å²) in [4.78, 5) is 7.88. The lowest BCUT2D eigenvalue weighted by atomic mass is 9.77. The molecule has 1 aromatic rings. The van der Waals surface area contributed by atoms with Crippen molar-refractivity contribution >= 4 is 24.5 Å². The van der Waals surface area contributed by atoms with Gasteiger partial charge in [-0.25, -0.2) is 0 Å². The maximum absolute atomic E-state index is 8.95. The second-order valence-corrected chi connectivity index (χ2v) is 2.62. The molecule has 2 heterocycles. The van der Waals surface area contributed by atoms with E-state index in [0.717, 1.165) is 11.3 Å². The summed E-state index contributed by atoms with van der Waals surface area (Å²) in [5.74, 6) is 0. The number of nitrogens with zero attached hydrogens (tertiary/aromatic N) is 2. The zero-order valence-electron chi connectivity index (χ0n) is 6.31. The number of aliphatic imine (C=N–C) groups is 1. The monoisotopic (exact) mass is 162 g/mol. The number of rotatable bonds is 1. The Morgan fingerprint density at radius 1 is 1.33 bits per heavy atom. The Morgan fingerprint density at radius 2 is 2.17 bits per heavy atom. The zero-order chi connectivity index (χ0) is 8.55. The van der Waals surface area contributed by atoms with Crippen LogP contribution in [0.3, 0.4) is 0 Å². The highest BCUT2D eigenvalue weighted by molar-refractivity contribution is 6.59. The first-order valence-corrected chi connectivity index (χ1v) is 3.64. The molecule has 0 atom stereocenters. The van der Waals surface area contributed by atoms with Crippen molar-refractivity contribution in [3.05, 3.63) is 18.0 Å². The predicted molar refractivity (Wildman–Crippen MR) is 45.9 cm³/mol. The average molecular weight is 162 g/mol. The van der Waals surface area contributed by atoms with E-state index in [9.17, 15) is 0 Å². The molecule has 60 valence electrons. The molecule has 0 unspecified atom stereocenters. The minimum Gasteiger partial charge on any atom is -0.423 e. The van der Waals surface area contributed by atoms with Crippen LogP contribution in [0.4, 0.5) is 5.69 Å². The molecule has 4 nitrogen and oxygen atoms in total. The fourth-order valence-electron chi connectivity index (χ4n) is 1.28. The van der Waals surface area contributed by atoms with Crippen molar-refractivity contribution in [3.8, 4) is 0 Å². The van der Waals surface area contributed by atoms with E-state index in [0.29, 0.717) is 11.9 Å². The van der Waals surface area contributed by atoms with E-state index in [1.807, 2.05) is 0 Å². The standard InChI is InChI=1S/C7H7BN2O2/c11-8(12)6-3-9-4-7-5(6)1-2-10-7/h2-4,11-12H,1H2. The normalized spacial score (nSPS) is 13.2. The van der Waals surface area contributed by atoms with E-state index in [-0.39, 0.29) is 0 Å². The Labute approximate surface area is 69.8 Å². The lowest BCUT2D eigenvalue weighted by Gasteiger charge is -2.03. The topological polar surface area (TPSA) is 65.7 Å². The van der Waals surface area contributed by atoms with Gasteiger partial charge < -0.3 is 10.0 Å².